The van der Waals surface area contributed by atoms with E-state index in [0.717, 1.165) is 5.56 Å². The van der Waals surface area contributed by atoms with E-state index in [4.69, 9.17) is 4.42 Å². The van der Waals surface area contributed by atoms with Crippen LogP contribution in [0.2, 0.25) is 0 Å². The summed E-state index contributed by atoms with van der Waals surface area (Å²) < 4.78 is 5.67. The van der Waals surface area contributed by atoms with Crippen LogP contribution >= 0.6 is 28.6 Å². The number of carbonyl (C=O) groups is 1. The Labute approximate surface area is 90.4 Å². The lowest BCUT2D eigenvalue weighted by molar-refractivity contribution is -0.120. The van der Waals surface area contributed by atoms with E-state index in [0.29, 0.717) is 11.2 Å². The molecule has 0 spiro atoms. The maximum absolute atomic E-state index is 11.1. The first-order chi connectivity index (χ1) is 6.09. The molecule has 0 aliphatic rings. The van der Waals surface area contributed by atoms with Crippen molar-refractivity contribution in [2.75, 3.05) is 0 Å². The van der Waals surface area contributed by atoms with Crippen LogP contribution in [0, 0.1) is 0 Å². The third-order valence-corrected chi connectivity index (χ3v) is 2.12. The van der Waals surface area contributed by atoms with Crippen molar-refractivity contribution in [3.63, 3.8) is 0 Å². The van der Waals surface area contributed by atoms with E-state index in [2.05, 4.69) is 33.9 Å². The predicted molar refractivity (Wildman–Crippen MR) is 56.7 cm³/mol. The van der Waals surface area contributed by atoms with Crippen LogP contribution in [-0.4, -0.2) is 11.2 Å². The summed E-state index contributed by atoms with van der Waals surface area (Å²) in [6.07, 6.45) is 1.59. The van der Waals surface area contributed by atoms with Crippen molar-refractivity contribution in [2.45, 2.75) is 18.7 Å². The topological polar surface area (TPSA) is 42.2 Å². The summed E-state index contributed by atoms with van der Waals surface area (Å²) in [6, 6.07) is 1.81. The first kappa shape index (κ1) is 10.7. The fourth-order valence-corrected chi connectivity index (χ4v) is 1.25. The molecular formula is C8H10BrNO2S. The van der Waals surface area contributed by atoms with Gasteiger partial charge in [0.05, 0.1) is 11.5 Å². The normalized spacial score (nSPS) is 12.5. The largest absolute Gasteiger partial charge is 0.457 e. The van der Waals surface area contributed by atoms with Crippen molar-refractivity contribution in [1.29, 1.82) is 0 Å². The van der Waals surface area contributed by atoms with Gasteiger partial charge in [-0.25, -0.2) is 0 Å². The number of thiol groups is 1. The number of hydrogen-bond donors (Lipinski definition) is 2. The molecule has 72 valence electrons. The molecule has 1 unspecified atom stereocenters. The molecule has 0 bridgehead atoms. The van der Waals surface area contributed by atoms with Crippen LogP contribution in [0.5, 0.6) is 0 Å². The molecule has 1 heterocycles. The Kier molecular flexibility index (Phi) is 3.87. The molecule has 1 rings (SSSR count). The zero-order chi connectivity index (χ0) is 9.84. The highest BCUT2D eigenvalue weighted by Gasteiger charge is 2.07. The Balaban J connectivity index is 2.39. The Morgan fingerprint density at radius 3 is 3.00 bits per heavy atom. The summed E-state index contributed by atoms with van der Waals surface area (Å²) in [5, 5.41) is 2.43. The van der Waals surface area contributed by atoms with Gasteiger partial charge in [-0.05, 0) is 28.9 Å². The SMILES string of the molecule is CC(S)C(=O)NCc1coc(Br)c1. The van der Waals surface area contributed by atoms with E-state index in [1.54, 1.807) is 13.2 Å². The maximum Gasteiger partial charge on any atom is 0.232 e. The highest BCUT2D eigenvalue weighted by molar-refractivity contribution is 9.10. The van der Waals surface area contributed by atoms with E-state index in [-0.39, 0.29) is 11.2 Å². The summed E-state index contributed by atoms with van der Waals surface area (Å²) >= 11 is 7.17. The minimum atomic E-state index is -0.282. The molecule has 13 heavy (non-hydrogen) atoms. The van der Waals surface area contributed by atoms with E-state index in [1.807, 2.05) is 6.07 Å². The van der Waals surface area contributed by atoms with Gasteiger partial charge in [0, 0.05) is 12.1 Å². The summed E-state index contributed by atoms with van der Waals surface area (Å²) in [4.78, 5) is 11.1. The van der Waals surface area contributed by atoms with Gasteiger partial charge in [-0.1, -0.05) is 0 Å². The maximum atomic E-state index is 11.1. The van der Waals surface area contributed by atoms with E-state index in [9.17, 15) is 4.79 Å². The zero-order valence-electron chi connectivity index (χ0n) is 7.08. The standard InChI is InChI=1S/C8H10BrNO2S/c1-5(13)8(11)10-3-6-2-7(9)12-4-6/h2,4-5,13H,3H2,1H3,(H,10,11). The lowest BCUT2D eigenvalue weighted by atomic mass is 10.3. The summed E-state index contributed by atoms with van der Waals surface area (Å²) in [5.41, 5.74) is 0.925. The molecule has 1 amide bonds. The Bertz CT molecular complexity index is 298. The van der Waals surface area contributed by atoms with Crippen LogP contribution in [0.15, 0.2) is 21.4 Å². The van der Waals surface area contributed by atoms with Crippen LogP contribution in [0.4, 0.5) is 0 Å². The van der Waals surface area contributed by atoms with Crippen LogP contribution in [0.3, 0.4) is 0 Å². The number of nitrogens with one attached hydrogen (secondary N) is 1. The van der Waals surface area contributed by atoms with Crippen molar-refractivity contribution >= 4 is 34.5 Å². The van der Waals surface area contributed by atoms with Gasteiger partial charge in [-0.15, -0.1) is 0 Å². The molecule has 5 heteroatoms. The molecule has 0 radical (unpaired) electrons. The minimum absolute atomic E-state index is 0.0827. The van der Waals surface area contributed by atoms with Gasteiger partial charge in [0.25, 0.3) is 0 Å². The van der Waals surface area contributed by atoms with Crippen molar-refractivity contribution in [1.82, 2.24) is 5.32 Å². The molecule has 1 N–H and O–H groups in total. The number of carbonyl (C=O) groups excluding carboxylic acids is 1. The van der Waals surface area contributed by atoms with Crippen molar-refractivity contribution < 1.29 is 9.21 Å². The van der Waals surface area contributed by atoms with Crippen LogP contribution in [0.25, 0.3) is 0 Å². The molecule has 0 saturated carbocycles. The summed E-state index contributed by atoms with van der Waals surface area (Å²) in [5.74, 6) is -0.0827. The van der Waals surface area contributed by atoms with Crippen LogP contribution in [0.1, 0.15) is 12.5 Å². The van der Waals surface area contributed by atoms with Gasteiger partial charge in [-0.2, -0.15) is 12.6 Å². The van der Waals surface area contributed by atoms with Crippen LogP contribution in [-0.2, 0) is 11.3 Å². The Morgan fingerprint density at radius 1 is 1.85 bits per heavy atom. The predicted octanol–water partition coefficient (Wildman–Crippen LogP) is 1.98. The second kappa shape index (κ2) is 4.72. The molecule has 3 nitrogen and oxygen atoms in total. The van der Waals surface area contributed by atoms with Crippen LogP contribution < -0.4 is 5.32 Å². The third kappa shape index (κ3) is 3.44. The smallest absolute Gasteiger partial charge is 0.232 e. The van der Waals surface area contributed by atoms with Gasteiger partial charge in [0.15, 0.2) is 4.67 Å². The number of furan rings is 1. The molecule has 0 aliphatic heterocycles. The van der Waals surface area contributed by atoms with Gasteiger partial charge >= 0.3 is 0 Å². The van der Waals surface area contributed by atoms with E-state index in [1.165, 1.54) is 0 Å². The number of hydrogen-bond acceptors (Lipinski definition) is 3. The fraction of sp³-hybridized carbons (Fsp3) is 0.375. The van der Waals surface area contributed by atoms with Gasteiger partial charge < -0.3 is 9.73 Å². The summed E-state index contributed by atoms with van der Waals surface area (Å²) in [6.45, 7) is 2.20. The van der Waals surface area contributed by atoms with Gasteiger partial charge in [-0.3, -0.25) is 4.79 Å². The molecule has 0 saturated heterocycles. The second-order valence-corrected chi connectivity index (χ2v) is 4.21. The average Bonchev–Trinajstić information content (AvgIpc) is 2.47. The summed E-state index contributed by atoms with van der Waals surface area (Å²) in [7, 11) is 0. The monoisotopic (exact) mass is 263 g/mol. The average molecular weight is 264 g/mol. The molecule has 0 aliphatic carbocycles. The lowest BCUT2D eigenvalue weighted by Crippen LogP contribution is -2.28. The lowest BCUT2D eigenvalue weighted by Gasteiger charge is -2.04. The zero-order valence-corrected chi connectivity index (χ0v) is 9.56. The number of halogens is 1. The molecule has 0 aromatic carbocycles. The highest BCUT2D eigenvalue weighted by Crippen LogP contribution is 2.13. The minimum Gasteiger partial charge on any atom is -0.457 e. The first-order valence-electron chi connectivity index (χ1n) is 3.78. The highest BCUT2D eigenvalue weighted by atomic mass is 79.9. The van der Waals surface area contributed by atoms with E-state index < -0.39 is 0 Å². The number of amides is 1. The quantitative estimate of drug-likeness (QED) is 0.820. The van der Waals surface area contributed by atoms with Gasteiger partial charge in [0.2, 0.25) is 5.91 Å². The molecule has 0 fully saturated rings. The Hall–Kier alpha value is -0.420. The third-order valence-electron chi connectivity index (χ3n) is 1.47. The fourth-order valence-electron chi connectivity index (χ4n) is 0.775. The second-order valence-electron chi connectivity index (χ2n) is 2.65. The Morgan fingerprint density at radius 2 is 2.54 bits per heavy atom. The van der Waals surface area contributed by atoms with Gasteiger partial charge in [0.1, 0.15) is 0 Å². The molecule has 1 atom stereocenters. The van der Waals surface area contributed by atoms with Crippen molar-refractivity contribution in [2.24, 2.45) is 0 Å². The van der Waals surface area contributed by atoms with Crippen molar-refractivity contribution in [3.05, 3.63) is 22.6 Å². The van der Waals surface area contributed by atoms with Crippen molar-refractivity contribution in [3.8, 4) is 0 Å². The molecule has 1 aromatic rings. The molecule has 1 aromatic heterocycles. The number of rotatable bonds is 3. The molecular weight excluding hydrogens is 254 g/mol. The van der Waals surface area contributed by atoms with E-state index >= 15 is 0 Å². The first-order valence-corrected chi connectivity index (χ1v) is 5.09.